The molecule has 1 aromatic carbocycles. The van der Waals surface area contributed by atoms with Gasteiger partial charge in [-0.15, -0.1) is 0 Å². The van der Waals surface area contributed by atoms with E-state index in [0.717, 1.165) is 59.6 Å². The summed E-state index contributed by atoms with van der Waals surface area (Å²) >= 11 is 0. The highest BCUT2D eigenvalue weighted by molar-refractivity contribution is 6.02. The molecule has 0 spiro atoms. The maximum atomic E-state index is 12.5. The molecular formula is C20H23N7O. The minimum atomic E-state index is -0.259. The van der Waals surface area contributed by atoms with Crippen molar-refractivity contribution in [3.05, 3.63) is 52.1 Å². The molecule has 144 valence electrons. The van der Waals surface area contributed by atoms with Gasteiger partial charge >= 0.3 is 0 Å². The Labute approximate surface area is 161 Å². The average Bonchev–Trinajstić information content (AvgIpc) is 3.07. The quantitative estimate of drug-likeness (QED) is 0.559. The van der Waals surface area contributed by atoms with Crippen molar-refractivity contribution in [2.45, 2.75) is 32.0 Å². The lowest BCUT2D eigenvalue weighted by Crippen LogP contribution is -2.35. The van der Waals surface area contributed by atoms with Gasteiger partial charge in [0.15, 0.2) is 6.29 Å². The van der Waals surface area contributed by atoms with E-state index in [1.165, 1.54) is 0 Å². The monoisotopic (exact) mass is 377 g/mol. The number of piperidine rings is 1. The number of aromatic nitrogens is 3. The first-order valence-corrected chi connectivity index (χ1v) is 9.67. The van der Waals surface area contributed by atoms with Crippen LogP contribution in [0.5, 0.6) is 0 Å². The van der Waals surface area contributed by atoms with Gasteiger partial charge in [-0.2, -0.15) is 5.10 Å². The van der Waals surface area contributed by atoms with E-state index in [9.17, 15) is 4.79 Å². The van der Waals surface area contributed by atoms with E-state index in [2.05, 4.69) is 25.9 Å². The highest BCUT2D eigenvalue weighted by atomic mass is 16.1. The summed E-state index contributed by atoms with van der Waals surface area (Å²) in [5.74, 6) is 0.328. The number of rotatable bonds is 3. The van der Waals surface area contributed by atoms with E-state index in [4.69, 9.17) is 5.10 Å². The minimum Gasteiger partial charge on any atom is -0.351 e. The van der Waals surface area contributed by atoms with Gasteiger partial charge in [0.1, 0.15) is 5.65 Å². The van der Waals surface area contributed by atoms with Crippen LogP contribution < -0.4 is 21.5 Å². The van der Waals surface area contributed by atoms with Crippen molar-refractivity contribution >= 4 is 28.5 Å². The van der Waals surface area contributed by atoms with Crippen LogP contribution in [0.2, 0.25) is 0 Å². The average molecular weight is 377 g/mol. The van der Waals surface area contributed by atoms with Crippen LogP contribution in [-0.4, -0.2) is 40.2 Å². The SMILES string of the molecule is CC1=CC=NC(Nc2cccc3nn4c(C5CCNCC5)cc(=O)[nH]c4c23)N1. The van der Waals surface area contributed by atoms with Crippen LogP contribution in [0, 0.1) is 0 Å². The fourth-order valence-corrected chi connectivity index (χ4v) is 4.08. The van der Waals surface area contributed by atoms with Crippen molar-refractivity contribution in [2.75, 3.05) is 18.4 Å². The Morgan fingerprint density at radius 3 is 2.93 bits per heavy atom. The number of hydrogen-bond acceptors (Lipinski definition) is 6. The molecule has 2 aliphatic rings. The van der Waals surface area contributed by atoms with Gasteiger partial charge < -0.3 is 20.9 Å². The van der Waals surface area contributed by atoms with Crippen molar-refractivity contribution in [2.24, 2.45) is 4.99 Å². The van der Waals surface area contributed by atoms with Gasteiger partial charge in [0, 0.05) is 23.9 Å². The van der Waals surface area contributed by atoms with Gasteiger partial charge in [-0.25, -0.2) is 9.51 Å². The van der Waals surface area contributed by atoms with Gasteiger partial charge in [0.2, 0.25) is 0 Å². The standard InChI is InChI=1S/C20H23N7O/c1-12-5-10-22-20(23-12)24-14-3-2-4-15-18(14)19-25-17(28)11-16(27(19)26-15)13-6-8-21-9-7-13/h2-5,10-11,13,20-21,23-24H,6-9H2,1H3,(H,25,28). The fraction of sp³-hybridized carbons (Fsp3) is 0.350. The molecule has 4 heterocycles. The molecule has 0 radical (unpaired) electrons. The Kier molecular flexibility index (Phi) is 4.12. The number of nitrogens with zero attached hydrogens (tertiary/aromatic N) is 3. The Morgan fingerprint density at radius 1 is 1.25 bits per heavy atom. The Hall–Kier alpha value is -3.13. The van der Waals surface area contributed by atoms with E-state index in [0.29, 0.717) is 5.92 Å². The number of nitrogens with one attached hydrogen (secondary N) is 4. The van der Waals surface area contributed by atoms with Crippen LogP contribution in [0.25, 0.3) is 16.6 Å². The first kappa shape index (κ1) is 17.0. The summed E-state index contributed by atoms with van der Waals surface area (Å²) in [6, 6.07) is 7.63. The van der Waals surface area contributed by atoms with E-state index >= 15 is 0 Å². The highest BCUT2D eigenvalue weighted by Crippen LogP contribution is 2.30. The lowest BCUT2D eigenvalue weighted by Gasteiger charge is -2.23. The van der Waals surface area contributed by atoms with E-state index in [-0.39, 0.29) is 11.8 Å². The summed E-state index contributed by atoms with van der Waals surface area (Å²) in [7, 11) is 0. The molecule has 0 amide bonds. The summed E-state index contributed by atoms with van der Waals surface area (Å²) in [4.78, 5) is 19.9. The van der Waals surface area contributed by atoms with Gasteiger partial charge in [-0.05, 0) is 51.1 Å². The predicted octanol–water partition coefficient (Wildman–Crippen LogP) is 1.92. The third-order valence-electron chi connectivity index (χ3n) is 5.44. The van der Waals surface area contributed by atoms with E-state index in [1.807, 2.05) is 35.7 Å². The van der Waals surface area contributed by atoms with E-state index in [1.54, 1.807) is 12.3 Å². The van der Waals surface area contributed by atoms with Crippen LogP contribution in [0.4, 0.5) is 5.69 Å². The Bertz CT molecular complexity index is 1150. The molecule has 5 rings (SSSR count). The number of hydrogen-bond donors (Lipinski definition) is 4. The van der Waals surface area contributed by atoms with Crippen LogP contribution in [-0.2, 0) is 0 Å². The first-order chi connectivity index (χ1) is 13.7. The molecule has 8 heteroatoms. The lowest BCUT2D eigenvalue weighted by molar-refractivity contribution is 0.446. The molecule has 2 aromatic heterocycles. The Morgan fingerprint density at radius 2 is 2.11 bits per heavy atom. The number of benzene rings is 1. The number of aromatic amines is 1. The smallest absolute Gasteiger partial charge is 0.251 e. The summed E-state index contributed by atoms with van der Waals surface area (Å²) < 4.78 is 1.91. The van der Waals surface area contributed by atoms with Crippen LogP contribution >= 0.6 is 0 Å². The third kappa shape index (κ3) is 2.95. The third-order valence-corrected chi connectivity index (χ3v) is 5.44. The van der Waals surface area contributed by atoms with Crippen LogP contribution in [0.1, 0.15) is 31.4 Å². The molecule has 1 saturated heterocycles. The van der Waals surface area contributed by atoms with Crippen LogP contribution in [0.3, 0.4) is 0 Å². The summed E-state index contributed by atoms with van der Waals surface area (Å²) in [5.41, 5.74) is 4.39. The zero-order valence-electron chi connectivity index (χ0n) is 15.7. The summed E-state index contributed by atoms with van der Waals surface area (Å²) in [5, 5.41) is 15.8. The van der Waals surface area contributed by atoms with Crippen molar-refractivity contribution in [1.29, 1.82) is 0 Å². The van der Waals surface area contributed by atoms with Gasteiger partial charge in [-0.1, -0.05) is 6.07 Å². The molecule has 1 unspecified atom stereocenters. The maximum Gasteiger partial charge on any atom is 0.251 e. The van der Waals surface area contributed by atoms with Crippen molar-refractivity contribution < 1.29 is 0 Å². The molecular weight excluding hydrogens is 354 g/mol. The highest BCUT2D eigenvalue weighted by Gasteiger charge is 2.22. The maximum absolute atomic E-state index is 12.5. The van der Waals surface area contributed by atoms with Crippen molar-refractivity contribution in [1.82, 2.24) is 25.2 Å². The molecule has 8 nitrogen and oxygen atoms in total. The van der Waals surface area contributed by atoms with Crippen molar-refractivity contribution in [3.63, 3.8) is 0 Å². The zero-order valence-corrected chi connectivity index (χ0v) is 15.7. The second-order valence-corrected chi connectivity index (χ2v) is 7.38. The Balaban J connectivity index is 1.64. The number of H-pyrrole nitrogens is 1. The largest absolute Gasteiger partial charge is 0.351 e. The van der Waals surface area contributed by atoms with Gasteiger partial charge in [0.25, 0.3) is 5.56 Å². The molecule has 0 bridgehead atoms. The van der Waals surface area contributed by atoms with Crippen molar-refractivity contribution in [3.8, 4) is 0 Å². The van der Waals surface area contributed by atoms with E-state index < -0.39 is 0 Å². The van der Waals surface area contributed by atoms with Gasteiger partial charge in [-0.3, -0.25) is 4.79 Å². The summed E-state index contributed by atoms with van der Waals surface area (Å²) in [6.07, 6.45) is 5.47. The molecule has 0 saturated carbocycles. The first-order valence-electron chi connectivity index (χ1n) is 9.67. The minimum absolute atomic E-state index is 0.0924. The topological polar surface area (TPSA) is 98.6 Å². The molecule has 2 aliphatic heterocycles. The fourth-order valence-electron chi connectivity index (χ4n) is 4.08. The number of allylic oxidation sites excluding steroid dienone is 2. The normalized spacial score (nSPS) is 20.3. The second-order valence-electron chi connectivity index (χ2n) is 7.38. The predicted molar refractivity (Wildman–Crippen MR) is 111 cm³/mol. The number of anilines is 1. The molecule has 28 heavy (non-hydrogen) atoms. The number of aliphatic imine (C=N–C) groups is 1. The molecule has 1 atom stereocenters. The lowest BCUT2D eigenvalue weighted by atomic mass is 9.94. The molecule has 3 aromatic rings. The zero-order chi connectivity index (χ0) is 19.1. The molecule has 0 aliphatic carbocycles. The second kappa shape index (κ2) is 6.79. The molecule has 1 fully saturated rings. The van der Waals surface area contributed by atoms with Gasteiger partial charge in [0.05, 0.1) is 22.3 Å². The number of fused-ring (bicyclic) bond motifs is 3. The summed E-state index contributed by atoms with van der Waals surface area (Å²) in [6.45, 7) is 3.92. The molecule has 4 N–H and O–H groups in total. The van der Waals surface area contributed by atoms with Crippen LogP contribution in [0.15, 0.2) is 45.8 Å².